The normalized spacial score (nSPS) is 11.5. The van der Waals surface area contributed by atoms with Crippen LogP contribution in [-0.2, 0) is 21.4 Å². The van der Waals surface area contributed by atoms with Gasteiger partial charge in [0.05, 0.1) is 22.2 Å². The van der Waals surface area contributed by atoms with Crippen LogP contribution in [0.3, 0.4) is 0 Å². The lowest BCUT2D eigenvalue weighted by molar-refractivity contribution is -0.116. The van der Waals surface area contributed by atoms with Crippen LogP contribution in [0.5, 0.6) is 0 Å². The number of amides is 1. The van der Waals surface area contributed by atoms with E-state index in [1.165, 1.54) is 18.2 Å². The van der Waals surface area contributed by atoms with Gasteiger partial charge in [0.15, 0.2) is 0 Å². The zero-order chi connectivity index (χ0) is 21.7. The van der Waals surface area contributed by atoms with E-state index in [4.69, 9.17) is 23.2 Å². The molecule has 5 nitrogen and oxygen atoms in total. The fraction of sp³-hybridized carbons (Fsp3) is 0.0952. The Labute approximate surface area is 193 Å². The van der Waals surface area contributed by atoms with Gasteiger partial charge in [-0.2, -0.15) is 4.31 Å². The highest BCUT2D eigenvalue weighted by atomic mass is 79.9. The van der Waals surface area contributed by atoms with Crippen molar-refractivity contribution in [2.24, 2.45) is 0 Å². The first-order chi connectivity index (χ1) is 14.3. The summed E-state index contributed by atoms with van der Waals surface area (Å²) in [5.41, 5.74) is 1.06. The van der Waals surface area contributed by atoms with Gasteiger partial charge in [-0.05, 0) is 48.0 Å². The number of anilines is 1. The highest BCUT2D eigenvalue weighted by Crippen LogP contribution is 2.26. The number of nitrogens with one attached hydrogen (secondary N) is 1. The molecule has 156 valence electrons. The van der Waals surface area contributed by atoms with Gasteiger partial charge in [0.25, 0.3) is 0 Å². The lowest BCUT2D eigenvalue weighted by Gasteiger charge is -2.22. The third-order valence-electron chi connectivity index (χ3n) is 4.18. The van der Waals surface area contributed by atoms with Crippen molar-refractivity contribution in [1.29, 1.82) is 0 Å². The maximum atomic E-state index is 13.2. The largest absolute Gasteiger partial charge is 0.324 e. The Morgan fingerprint density at radius 1 is 0.967 bits per heavy atom. The van der Waals surface area contributed by atoms with Crippen LogP contribution in [0.1, 0.15) is 5.56 Å². The maximum absolute atomic E-state index is 13.2. The summed E-state index contributed by atoms with van der Waals surface area (Å²) in [5, 5.41) is 3.34. The molecule has 0 aliphatic carbocycles. The number of hydrogen-bond acceptors (Lipinski definition) is 3. The van der Waals surface area contributed by atoms with Crippen molar-refractivity contribution in [3.05, 3.63) is 92.9 Å². The molecule has 0 aromatic heterocycles. The van der Waals surface area contributed by atoms with Gasteiger partial charge in [-0.25, -0.2) is 8.42 Å². The van der Waals surface area contributed by atoms with Crippen LogP contribution in [0.25, 0.3) is 0 Å². The van der Waals surface area contributed by atoms with Gasteiger partial charge in [0.2, 0.25) is 15.9 Å². The molecule has 0 heterocycles. The van der Waals surface area contributed by atoms with Gasteiger partial charge >= 0.3 is 0 Å². The topological polar surface area (TPSA) is 66.5 Å². The predicted octanol–water partition coefficient (Wildman–Crippen LogP) is 5.59. The van der Waals surface area contributed by atoms with E-state index in [0.717, 1.165) is 14.3 Å². The van der Waals surface area contributed by atoms with Gasteiger partial charge in [-0.3, -0.25) is 4.79 Å². The first kappa shape index (κ1) is 22.8. The van der Waals surface area contributed by atoms with Crippen molar-refractivity contribution in [3.63, 3.8) is 0 Å². The molecule has 0 saturated carbocycles. The van der Waals surface area contributed by atoms with E-state index in [9.17, 15) is 13.2 Å². The summed E-state index contributed by atoms with van der Waals surface area (Å²) in [6.07, 6.45) is 0. The van der Waals surface area contributed by atoms with Gasteiger partial charge in [0, 0.05) is 16.0 Å². The van der Waals surface area contributed by atoms with Crippen LogP contribution in [0.2, 0.25) is 10.0 Å². The fourth-order valence-corrected chi connectivity index (χ4v) is 4.71. The zero-order valence-electron chi connectivity index (χ0n) is 15.6. The number of carbonyl (C=O) groups is 1. The molecule has 3 aromatic carbocycles. The van der Waals surface area contributed by atoms with E-state index < -0.39 is 22.5 Å². The number of hydrogen-bond donors (Lipinski definition) is 1. The number of sulfonamides is 1. The Bertz CT molecular complexity index is 1140. The SMILES string of the molecule is O=C(CN(Cc1ccc(Br)cc1)S(=O)(=O)c1ccccc1)Nc1cc(Cl)ccc1Cl. The van der Waals surface area contributed by atoms with Crippen molar-refractivity contribution in [2.75, 3.05) is 11.9 Å². The lowest BCUT2D eigenvalue weighted by atomic mass is 10.2. The standard InChI is InChI=1S/C21H17BrCl2N2O3S/c22-16-8-6-15(7-9-16)13-26(30(28,29)18-4-2-1-3-5-18)14-21(27)25-20-12-17(23)10-11-19(20)24/h1-12H,13-14H2,(H,25,27). The second-order valence-electron chi connectivity index (χ2n) is 6.38. The smallest absolute Gasteiger partial charge is 0.243 e. The molecule has 0 unspecified atom stereocenters. The Morgan fingerprint density at radius 2 is 1.63 bits per heavy atom. The van der Waals surface area contributed by atoms with Crippen LogP contribution in [-0.4, -0.2) is 25.2 Å². The Balaban J connectivity index is 1.87. The van der Waals surface area contributed by atoms with Crippen molar-refractivity contribution in [1.82, 2.24) is 4.31 Å². The van der Waals surface area contributed by atoms with Gasteiger partial charge in [0.1, 0.15) is 0 Å². The minimum atomic E-state index is -3.91. The van der Waals surface area contributed by atoms with Crippen molar-refractivity contribution in [3.8, 4) is 0 Å². The van der Waals surface area contributed by atoms with Crippen LogP contribution in [0.15, 0.2) is 82.2 Å². The molecule has 30 heavy (non-hydrogen) atoms. The number of rotatable bonds is 7. The molecule has 0 aliphatic rings. The number of carbonyl (C=O) groups excluding carboxylic acids is 1. The zero-order valence-corrected chi connectivity index (χ0v) is 19.5. The van der Waals surface area contributed by atoms with E-state index in [1.54, 1.807) is 42.5 Å². The minimum Gasteiger partial charge on any atom is -0.324 e. The summed E-state index contributed by atoms with van der Waals surface area (Å²) in [7, 11) is -3.91. The fourth-order valence-electron chi connectivity index (χ4n) is 2.70. The van der Waals surface area contributed by atoms with Crippen molar-refractivity contribution < 1.29 is 13.2 Å². The molecule has 1 amide bonds. The molecule has 3 aromatic rings. The molecule has 9 heteroatoms. The molecule has 0 spiro atoms. The first-order valence-electron chi connectivity index (χ1n) is 8.80. The Hall–Kier alpha value is -1.90. The van der Waals surface area contributed by atoms with Crippen LogP contribution in [0.4, 0.5) is 5.69 Å². The second-order valence-corrected chi connectivity index (χ2v) is 10.1. The van der Waals surface area contributed by atoms with E-state index in [1.807, 2.05) is 12.1 Å². The average molecular weight is 528 g/mol. The van der Waals surface area contributed by atoms with E-state index in [-0.39, 0.29) is 11.4 Å². The van der Waals surface area contributed by atoms with E-state index in [0.29, 0.717) is 15.7 Å². The summed E-state index contributed by atoms with van der Waals surface area (Å²) in [6, 6.07) is 19.9. The second kappa shape index (κ2) is 9.94. The number of nitrogens with zero attached hydrogens (tertiary/aromatic N) is 1. The van der Waals surface area contributed by atoms with E-state index in [2.05, 4.69) is 21.2 Å². The van der Waals surface area contributed by atoms with Crippen LogP contribution in [0, 0.1) is 0 Å². The quantitative estimate of drug-likeness (QED) is 0.435. The van der Waals surface area contributed by atoms with Gasteiger partial charge in [-0.1, -0.05) is 69.5 Å². The summed E-state index contributed by atoms with van der Waals surface area (Å²) in [5.74, 6) is -0.532. The van der Waals surface area contributed by atoms with Crippen LogP contribution >= 0.6 is 39.1 Å². The molecule has 0 fully saturated rings. The van der Waals surface area contributed by atoms with Crippen molar-refractivity contribution >= 4 is 60.7 Å². The highest BCUT2D eigenvalue weighted by Gasteiger charge is 2.27. The average Bonchev–Trinajstić information content (AvgIpc) is 2.72. The lowest BCUT2D eigenvalue weighted by Crippen LogP contribution is -2.37. The molecular weight excluding hydrogens is 511 g/mol. The Morgan fingerprint density at radius 3 is 2.30 bits per heavy atom. The summed E-state index contributed by atoms with van der Waals surface area (Å²) >= 11 is 15.4. The third-order valence-corrected chi connectivity index (χ3v) is 7.07. The van der Waals surface area contributed by atoms with Gasteiger partial charge < -0.3 is 5.32 Å². The third kappa shape index (κ3) is 5.83. The van der Waals surface area contributed by atoms with Gasteiger partial charge in [-0.15, -0.1) is 0 Å². The van der Waals surface area contributed by atoms with Crippen LogP contribution < -0.4 is 5.32 Å². The number of benzene rings is 3. The molecular formula is C21H17BrCl2N2O3S. The molecule has 3 rings (SSSR count). The number of halogens is 3. The highest BCUT2D eigenvalue weighted by molar-refractivity contribution is 9.10. The van der Waals surface area contributed by atoms with Crippen molar-refractivity contribution in [2.45, 2.75) is 11.4 Å². The summed E-state index contributed by atoms with van der Waals surface area (Å²) < 4.78 is 28.4. The molecule has 0 saturated heterocycles. The molecule has 0 bridgehead atoms. The minimum absolute atomic E-state index is 0.0290. The molecule has 0 radical (unpaired) electrons. The Kier molecular flexibility index (Phi) is 7.55. The van der Waals surface area contributed by atoms with E-state index >= 15 is 0 Å². The summed E-state index contributed by atoms with van der Waals surface area (Å²) in [4.78, 5) is 12.8. The molecule has 0 aliphatic heterocycles. The summed E-state index contributed by atoms with van der Waals surface area (Å²) in [6.45, 7) is -0.364. The molecule has 1 N–H and O–H groups in total. The first-order valence-corrected chi connectivity index (χ1v) is 11.8. The monoisotopic (exact) mass is 526 g/mol. The maximum Gasteiger partial charge on any atom is 0.243 e. The molecule has 0 atom stereocenters. The predicted molar refractivity (Wildman–Crippen MR) is 123 cm³/mol.